The van der Waals surface area contributed by atoms with Crippen molar-refractivity contribution in [2.45, 2.75) is 32.1 Å². The van der Waals surface area contributed by atoms with E-state index in [0.717, 1.165) is 60.7 Å². The number of hydrogen-bond acceptors (Lipinski definition) is 4. The molecular weight excluding hydrogens is 600 g/mol. The Hall–Kier alpha value is -4.74. The number of carbonyl (C=O) groups is 2. The van der Waals surface area contributed by atoms with Gasteiger partial charge in [-0.15, -0.1) is 0 Å². The normalized spacial score (nSPS) is 11.9. The van der Waals surface area contributed by atoms with Gasteiger partial charge in [0.15, 0.2) is 5.92 Å². The average molecular weight is 623 g/mol. The molecule has 0 amide bonds. The first-order valence-corrected chi connectivity index (χ1v) is 13.0. The maximum absolute atomic E-state index is 14.8. The SMILES string of the molecule is CCCC(C(=O)Oc1ccc(-c2ccc(C(F)(F)F)cc2)c(F)c1)C(=O)Oc1ccc(-c2ccc(C(F)(F)F)cc2)c(F)c1. The van der Waals surface area contributed by atoms with E-state index in [0.29, 0.717) is 6.42 Å². The molecule has 0 fully saturated rings. The van der Waals surface area contributed by atoms with Gasteiger partial charge in [0.2, 0.25) is 0 Å². The van der Waals surface area contributed by atoms with Gasteiger partial charge in [0.1, 0.15) is 23.1 Å². The Kier molecular flexibility index (Phi) is 9.41. The highest BCUT2D eigenvalue weighted by Gasteiger charge is 2.32. The minimum absolute atomic E-state index is 0.0318. The Labute approximate surface area is 245 Å². The van der Waals surface area contributed by atoms with E-state index in [1.54, 1.807) is 6.92 Å². The van der Waals surface area contributed by atoms with Crippen LogP contribution in [0.15, 0.2) is 84.9 Å². The van der Waals surface area contributed by atoms with Crippen molar-refractivity contribution >= 4 is 11.9 Å². The molecule has 4 nitrogen and oxygen atoms in total. The second kappa shape index (κ2) is 12.9. The number of halogens is 8. The smallest absolute Gasteiger partial charge is 0.416 e. The largest absolute Gasteiger partial charge is 0.426 e. The summed E-state index contributed by atoms with van der Waals surface area (Å²) < 4.78 is 117. The maximum Gasteiger partial charge on any atom is 0.416 e. The number of esters is 2. The zero-order valence-electron chi connectivity index (χ0n) is 22.7. The predicted molar refractivity (Wildman–Crippen MR) is 143 cm³/mol. The monoisotopic (exact) mass is 622 g/mol. The summed E-state index contributed by atoms with van der Waals surface area (Å²) in [5.74, 6) is -5.98. The van der Waals surface area contributed by atoms with Crippen LogP contribution in [0.4, 0.5) is 35.1 Å². The Morgan fingerprint density at radius 2 is 0.977 bits per heavy atom. The summed E-state index contributed by atoms with van der Waals surface area (Å²) in [5, 5.41) is 0. The van der Waals surface area contributed by atoms with Gasteiger partial charge in [0.05, 0.1) is 11.1 Å². The fourth-order valence-electron chi connectivity index (χ4n) is 4.26. The second-order valence-corrected chi connectivity index (χ2v) is 9.62. The summed E-state index contributed by atoms with van der Waals surface area (Å²) >= 11 is 0. The molecule has 0 saturated carbocycles. The van der Waals surface area contributed by atoms with Crippen LogP contribution >= 0.6 is 0 Å². The molecule has 4 aromatic rings. The summed E-state index contributed by atoms with van der Waals surface area (Å²) in [6.45, 7) is 1.67. The van der Waals surface area contributed by atoms with Crippen LogP contribution in [-0.4, -0.2) is 11.9 Å². The summed E-state index contributed by atoms with van der Waals surface area (Å²) in [5.41, 5.74) is -1.61. The summed E-state index contributed by atoms with van der Waals surface area (Å²) in [4.78, 5) is 25.7. The molecule has 230 valence electrons. The van der Waals surface area contributed by atoms with Crippen LogP contribution in [0.1, 0.15) is 30.9 Å². The minimum Gasteiger partial charge on any atom is -0.426 e. The van der Waals surface area contributed by atoms with Crippen LogP contribution in [-0.2, 0) is 21.9 Å². The Morgan fingerprint density at radius 3 is 1.27 bits per heavy atom. The molecule has 0 aromatic heterocycles. The first-order valence-electron chi connectivity index (χ1n) is 13.0. The van der Waals surface area contributed by atoms with Gasteiger partial charge in [-0.1, -0.05) is 37.6 Å². The van der Waals surface area contributed by atoms with E-state index in [2.05, 4.69) is 0 Å². The lowest BCUT2D eigenvalue weighted by molar-refractivity contribution is -0.151. The van der Waals surface area contributed by atoms with Gasteiger partial charge >= 0.3 is 24.3 Å². The molecule has 4 rings (SSSR count). The standard InChI is InChI=1S/C32H22F8O4/c1-2-3-26(29(41)43-22-12-14-24(27(33)16-22)18-4-8-20(9-5-18)31(35,36)37)30(42)44-23-13-15-25(28(34)17-23)19-6-10-21(11-7-19)32(38,39)40/h4-17,26H,2-3H2,1H3. The molecule has 0 atom stereocenters. The molecule has 0 saturated heterocycles. The first-order chi connectivity index (χ1) is 20.7. The lowest BCUT2D eigenvalue weighted by Gasteiger charge is -2.15. The molecule has 0 aliphatic carbocycles. The van der Waals surface area contributed by atoms with Gasteiger partial charge in [-0.05, 0) is 66.1 Å². The van der Waals surface area contributed by atoms with E-state index >= 15 is 0 Å². The number of rotatable bonds is 8. The second-order valence-electron chi connectivity index (χ2n) is 9.62. The van der Waals surface area contributed by atoms with Crippen molar-refractivity contribution in [2.75, 3.05) is 0 Å². The maximum atomic E-state index is 14.8. The zero-order valence-corrected chi connectivity index (χ0v) is 22.7. The van der Waals surface area contributed by atoms with E-state index in [9.17, 15) is 44.7 Å². The third-order valence-corrected chi connectivity index (χ3v) is 6.51. The predicted octanol–water partition coefficient (Wildman–Crippen LogP) is 9.26. The van der Waals surface area contributed by atoms with E-state index in [1.165, 1.54) is 24.3 Å². The van der Waals surface area contributed by atoms with Crippen LogP contribution in [0.5, 0.6) is 11.5 Å². The topological polar surface area (TPSA) is 52.6 Å². The average Bonchev–Trinajstić information content (AvgIpc) is 2.95. The highest BCUT2D eigenvalue weighted by atomic mass is 19.4. The van der Waals surface area contributed by atoms with Crippen molar-refractivity contribution in [3.63, 3.8) is 0 Å². The number of ether oxygens (including phenoxy) is 2. The Morgan fingerprint density at radius 1 is 0.614 bits per heavy atom. The fraction of sp³-hybridized carbons (Fsp3) is 0.188. The van der Waals surface area contributed by atoms with Crippen molar-refractivity contribution in [2.24, 2.45) is 5.92 Å². The zero-order chi connectivity index (χ0) is 32.2. The molecule has 0 N–H and O–H groups in total. The molecule has 44 heavy (non-hydrogen) atoms. The quantitative estimate of drug-likeness (QED) is 0.0851. The molecular formula is C32H22F8O4. The van der Waals surface area contributed by atoms with Gasteiger partial charge in [-0.3, -0.25) is 9.59 Å². The van der Waals surface area contributed by atoms with Crippen molar-refractivity contribution in [1.29, 1.82) is 0 Å². The molecule has 4 aromatic carbocycles. The molecule has 0 heterocycles. The number of benzene rings is 4. The van der Waals surface area contributed by atoms with Crippen LogP contribution in [0, 0.1) is 17.6 Å². The minimum atomic E-state index is -4.56. The van der Waals surface area contributed by atoms with E-state index in [4.69, 9.17) is 9.47 Å². The number of hydrogen-bond donors (Lipinski definition) is 0. The van der Waals surface area contributed by atoms with Crippen LogP contribution in [0.3, 0.4) is 0 Å². The van der Waals surface area contributed by atoms with Crippen LogP contribution in [0.25, 0.3) is 22.3 Å². The first kappa shape index (κ1) is 32.2. The fourth-order valence-corrected chi connectivity index (χ4v) is 4.26. The molecule has 0 radical (unpaired) electrons. The van der Waals surface area contributed by atoms with Crippen LogP contribution in [0.2, 0.25) is 0 Å². The van der Waals surface area contributed by atoms with Gasteiger partial charge in [0, 0.05) is 23.3 Å². The van der Waals surface area contributed by atoms with Gasteiger partial charge in [0.25, 0.3) is 0 Å². The van der Waals surface area contributed by atoms with Crippen molar-refractivity contribution in [3.8, 4) is 33.8 Å². The summed E-state index contributed by atoms with van der Waals surface area (Å²) in [6, 6.07) is 14.1. The number of alkyl halides is 6. The molecule has 0 bridgehead atoms. The summed E-state index contributed by atoms with van der Waals surface area (Å²) in [6.07, 6.45) is -8.82. The molecule has 12 heteroatoms. The lowest BCUT2D eigenvalue weighted by atomic mass is 10.0. The highest BCUT2D eigenvalue weighted by Crippen LogP contribution is 2.34. The highest BCUT2D eigenvalue weighted by molar-refractivity contribution is 5.96. The van der Waals surface area contributed by atoms with E-state index in [1.807, 2.05) is 0 Å². The lowest BCUT2D eigenvalue weighted by Crippen LogP contribution is -2.31. The third kappa shape index (κ3) is 7.61. The molecule has 0 aliphatic rings. The molecule has 0 spiro atoms. The van der Waals surface area contributed by atoms with Gasteiger partial charge in [-0.2, -0.15) is 26.3 Å². The van der Waals surface area contributed by atoms with Crippen molar-refractivity contribution < 1.29 is 54.2 Å². The van der Waals surface area contributed by atoms with Gasteiger partial charge in [-0.25, -0.2) is 8.78 Å². The molecule has 0 unspecified atom stereocenters. The third-order valence-electron chi connectivity index (χ3n) is 6.51. The number of carbonyl (C=O) groups excluding carboxylic acids is 2. The van der Waals surface area contributed by atoms with E-state index < -0.39 is 53.0 Å². The Balaban J connectivity index is 1.45. The van der Waals surface area contributed by atoms with E-state index in [-0.39, 0.29) is 40.2 Å². The Bertz CT molecular complexity index is 1520. The van der Waals surface area contributed by atoms with Crippen molar-refractivity contribution in [3.05, 3.63) is 108 Å². The van der Waals surface area contributed by atoms with Gasteiger partial charge < -0.3 is 9.47 Å². The summed E-state index contributed by atoms with van der Waals surface area (Å²) in [7, 11) is 0. The molecule has 0 aliphatic heterocycles. The van der Waals surface area contributed by atoms with Crippen molar-refractivity contribution in [1.82, 2.24) is 0 Å². The van der Waals surface area contributed by atoms with Crippen LogP contribution < -0.4 is 9.47 Å².